The highest BCUT2D eigenvalue weighted by molar-refractivity contribution is 5.33. The molecule has 0 spiro atoms. The van der Waals surface area contributed by atoms with E-state index in [0.717, 1.165) is 6.54 Å². The van der Waals surface area contributed by atoms with Gasteiger partial charge in [0.2, 0.25) is 0 Å². The first kappa shape index (κ1) is 13.1. The van der Waals surface area contributed by atoms with E-state index in [1.165, 1.54) is 57.2 Å². The van der Waals surface area contributed by atoms with E-state index in [1.54, 1.807) is 11.1 Å². The molecule has 0 aromatic heterocycles. The normalized spacial score (nSPS) is 22.7. The van der Waals surface area contributed by atoms with Crippen LogP contribution in [-0.4, -0.2) is 31.1 Å². The second kappa shape index (κ2) is 6.06. The molecule has 104 valence electrons. The minimum absolute atomic E-state index is 0.711. The summed E-state index contributed by atoms with van der Waals surface area (Å²) in [6, 6.07) is 7.86. The summed E-state index contributed by atoms with van der Waals surface area (Å²) in [4.78, 5) is 2.47. The van der Waals surface area contributed by atoms with Gasteiger partial charge in [0, 0.05) is 19.1 Å². The molecule has 1 atom stereocenters. The topological polar surface area (TPSA) is 15.3 Å². The quantitative estimate of drug-likeness (QED) is 0.893. The zero-order chi connectivity index (χ0) is 13.1. The van der Waals surface area contributed by atoms with Crippen molar-refractivity contribution in [2.75, 3.05) is 20.1 Å². The molecule has 1 heterocycles. The summed E-state index contributed by atoms with van der Waals surface area (Å²) >= 11 is 0. The third-order valence-electron chi connectivity index (χ3n) is 4.56. The van der Waals surface area contributed by atoms with Crippen molar-refractivity contribution in [2.24, 2.45) is 0 Å². The third-order valence-corrected chi connectivity index (χ3v) is 4.56. The van der Waals surface area contributed by atoms with Crippen LogP contribution in [0.25, 0.3) is 0 Å². The number of aryl methyl sites for hydroxylation is 2. The summed E-state index contributed by atoms with van der Waals surface area (Å²) in [6.07, 6.45) is 8.01. The SMILES string of the molecule is CN(Cc1ccc2c(c1)CCCC2)CC1CCCN1. The van der Waals surface area contributed by atoms with Crippen LogP contribution in [0.3, 0.4) is 0 Å². The molecule has 1 aliphatic heterocycles. The van der Waals surface area contributed by atoms with Gasteiger partial charge in [-0.2, -0.15) is 0 Å². The molecular weight excluding hydrogens is 232 g/mol. The minimum Gasteiger partial charge on any atom is -0.313 e. The van der Waals surface area contributed by atoms with Crippen LogP contribution in [0.15, 0.2) is 18.2 Å². The molecule has 1 N–H and O–H groups in total. The maximum Gasteiger partial charge on any atom is 0.0231 e. The summed E-state index contributed by atoms with van der Waals surface area (Å²) in [6.45, 7) is 3.47. The number of fused-ring (bicyclic) bond motifs is 1. The molecule has 1 saturated heterocycles. The Labute approximate surface area is 117 Å². The Bertz CT molecular complexity index is 421. The van der Waals surface area contributed by atoms with E-state index in [0.29, 0.717) is 6.04 Å². The lowest BCUT2D eigenvalue weighted by Gasteiger charge is -2.22. The molecule has 3 rings (SSSR count). The summed E-state index contributed by atoms with van der Waals surface area (Å²) in [5, 5.41) is 3.58. The van der Waals surface area contributed by atoms with Gasteiger partial charge in [-0.05, 0) is 68.8 Å². The van der Waals surface area contributed by atoms with Crippen molar-refractivity contribution in [3.8, 4) is 0 Å². The zero-order valence-corrected chi connectivity index (χ0v) is 12.1. The Morgan fingerprint density at radius 3 is 2.79 bits per heavy atom. The number of rotatable bonds is 4. The minimum atomic E-state index is 0.711. The molecule has 0 radical (unpaired) electrons. The molecule has 1 aromatic rings. The molecule has 2 heteroatoms. The second-order valence-corrected chi connectivity index (χ2v) is 6.30. The Morgan fingerprint density at radius 1 is 1.16 bits per heavy atom. The molecule has 2 aliphatic rings. The highest BCUT2D eigenvalue weighted by Gasteiger charge is 2.16. The van der Waals surface area contributed by atoms with Gasteiger partial charge < -0.3 is 10.2 Å². The number of nitrogens with one attached hydrogen (secondary N) is 1. The average molecular weight is 258 g/mol. The van der Waals surface area contributed by atoms with Crippen LogP contribution in [0.5, 0.6) is 0 Å². The predicted molar refractivity (Wildman–Crippen MR) is 80.4 cm³/mol. The highest BCUT2D eigenvalue weighted by Crippen LogP contribution is 2.22. The van der Waals surface area contributed by atoms with Gasteiger partial charge in [-0.3, -0.25) is 0 Å². The van der Waals surface area contributed by atoms with Crippen molar-refractivity contribution < 1.29 is 0 Å². The fourth-order valence-corrected chi connectivity index (χ4v) is 3.55. The van der Waals surface area contributed by atoms with Crippen molar-refractivity contribution in [1.82, 2.24) is 10.2 Å². The summed E-state index contributed by atoms with van der Waals surface area (Å²) in [5.74, 6) is 0. The molecule has 1 fully saturated rings. The molecule has 0 amide bonds. The van der Waals surface area contributed by atoms with Gasteiger partial charge in [-0.1, -0.05) is 18.2 Å². The first-order valence-corrected chi connectivity index (χ1v) is 7.84. The lowest BCUT2D eigenvalue weighted by molar-refractivity contribution is 0.293. The standard InChI is InChI=1S/C17H26N2/c1-19(13-17-7-4-10-18-17)12-14-8-9-15-5-2-3-6-16(15)11-14/h8-9,11,17-18H,2-7,10,12-13H2,1H3. The van der Waals surface area contributed by atoms with E-state index in [9.17, 15) is 0 Å². The number of hydrogen-bond acceptors (Lipinski definition) is 2. The number of benzene rings is 1. The Morgan fingerprint density at radius 2 is 2.00 bits per heavy atom. The molecule has 19 heavy (non-hydrogen) atoms. The van der Waals surface area contributed by atoms with Crippen molar-refractivity contribution in [3.05, 3.63) is 34.9 Å². The van der Waals surface area contributed by atoms with Crippen LogP contribution in [0.1, 0.15) is 42.4 Å². The fourth-order valence-electron chi connectivity index (χ4n) is 3.55. The van der Waals surface area contributed by atoms with Gasteiger partial charge in [-0.15, -0.1) is 0 Å². The van der Waals surface area contributed by atoms with Crippen molar-refractivity contribution in [3.63, 3.8) is 0 Å². The monoisotopic (exact) mass is 258 g/mol. The van der Waals surface area contributed by atoms with Gasteiger partial charge >= 0.3 is 0 Å². The van der Waals surface area contributed by atoms with E-state index in [4.69, 9.17) is 0 Å². The highest BCUT2D eigenvalue weighted by atomic mass is 15.1. The molecule has 2 nitrogen and oxygen atoms in total. The van der Waals surface area contributed by atoms with Crippen molar-refractivity contribution >= 4 is 0 Å². The second-order valence-electron chi connectivity index (χ2n) is 6.30. The van der Waals surface area contributed by atoms with Crippen molar-refractivity contribution in [2.45, 2.75) is 51.1 Å². The van der Waals surface area contributed by atoms with Crippen LogP contribution in [0, 0.1) is 0 Å². The van der Waals surface area contributed by atoms with Gasteiger partial charge in [-0.25, -0.2) is 0 Å². The lowest BCUT2D eigenvalue weighted by Crippen LogP contribution is -2.34. The third kappa shape index (κ3) is 3.37. The van der Waals surface area contributed by atoms with Crippen LogP contribution in [-0.2, 0) is 19.4 Å². The fraction of sp³-hybridized carbons (Fsp3) is 0.647. The molecule has 1 unspecified atom stereocenters. The van der Waals surface area contributed by atoms with Gasteiger partial charge in [0.05, 0.1) is 0 Å². The van der Waals surface area contributed by atoms with Crippen LogP contribution < -0.4 is 5.32 Å². The maximum absolute atomic E-state index is 3.58. The van der Waals surface area contributed by atoms with Gasteiger partial charge in [0.1, 0.15) is 0 Å². The molecule has 0 saturated carbocycles. The molecule has 1 aliphatic carbocycles. The average Bonchev–Trinajstić information content (AvgIpc) is 2.91. The first-order valence-electron chi connectivity index (χ1n) is 7.84. The maximum atomic E-state index is 3.58. The lowest BCUT2D eigenvalue weighted by atomic mass is 9.90. The van der Waals surface area contributed by atoms with Gasteiger partial charge in [0.25, 0.3) is 0 Å². The van der Waals surface area contributed by atoms with E-state index in [1.807, 2.05) is 0 Å². The molecular formula is C17H26N2. The zero-order valence-electron chi connectivity index (χ0n) is 12.1. The Hall–Kier alpha value is -0.860. The molecule has 1 aromatic carbocycles. The largest absolute Gasteiger partial charge is 0.313 e. The number of likely N-dealkylation sites (N-methyl/N-ethyl adjacent to an activating group) is 1. The Kier molecular flexibility index (Phi) is 4.19. The first-order chi connectivity index (χ1) is 9.31. The van der Waals surface area contributed by atoms with E-state index in [-0.39, 0.29) is 0 Å². The summed E-state index contributed by atoms with van der Waals surface area (Å²) in [5.41, 5.74) is 4.69. The van der Waals surface area contributed by atoms with E-state index in [2.05, 4.69) is 35.5 Å². The van der Waals surface area contributed by atoms with Crippen LogP contribution >= 0.6 is 0 Å². The van der Waals surface area contributed by atoms with Crippen molar-refractivity contribution in [1.29, 1.82) is 0 Å². The predicted octanol–water partition coefficient (Wildman–Crippen LogP) is 2.75. The van der Waals surface area contributed by atoms with Crippen LogP contribution in [0.2, 0.25) is 0 Å². The summed E-state index contributed by atoms with van der Waals surface area (Å²) < 4.78 is 0. The number of hydrogen-bond donors (Lipinski definition) is 1. The number of nitrogens with zero attached hydrogens (tertiary/aromatic N) is 1. The van der Waals surface area contributed by atoms with E-state index < -0.39 is 0 Å². The summed E-state index contributed by atoms with van der Waals surface area (Å²) in [7, 11) is 2.25. The van der Waals surface area contributed by atoms with Crippen LogP contribution in [0.4, 0.5) is 0 Å². The van der Waals surface area contributed by atoms with Gasteiger partial charge in [0.15, 0.2) is 0 Å². The Balaban J connectivity index is 1.59. The van der Waals surface area contributed by atoms with E-state index >= 15 is 0 Å². The smallest absolute Gasteiger partial charge is 0.0231 e. The molecule has 0 bridgehead atoms.